The van der Waals surface area contributed by atoms with Crippen LogP contribution in [0, 0.1) is 5.92 Å². The predicted octanol–water partition coefficient (Wildman–Crippen LogP) is 4.92. The Balaban J connectivity index is 0.954. The van der Waals surface area contributed by atoms with Gasteiger partial charge in [-0.15, -0.1) is 0 Å². The fourth-order valence-corrected chi connectivity index (χ4v) is 5.42. The first-order chi connectivity index (χ1) is 19.6. The van der Waals surface area contributed by atoms with Crippen molar-refractivity contribution in [2.45, 2.75) is 44.3 Å². The van der Waals surface area contributed by atoms with Gasteiger partial charge in [0.1, 0.15) is 26.5 Å². The molecule has 0 unspecified atom stereocenters. The summed E-state index contributed by atoms with van der Waals surface area (Å²) in [6.07, 6.45) is 2.15. The molecule has 208 valence electrons. The third kappa shape index (κ3) is 6.87. The number of rotatable bonds is 10. The Morgan fingerprint density at radius 1 is 0.725 bits per heavy atom. The molecule has 1 saturated carbocycles. The number of carbonyl (C=O) groups excluding carboxylic acids is 3. The van der Waals surface area contributed by atoms with Gasteiger partial charge in [-0.3, -0.25) is 9.59 Å². The Hall–Kier alpha value is -4.17. The van der Waals surface area contributed by atoms with Gasteiger partial charge in [0.2, 0.25) is 5.91 Å². The maximum absolute atomic E-state index is 12.4. The molecule has 40 heavy (non-hydrogen) atoms. The topological polar surface area (TPSA) is 103 Å². The molecule has 0 aliphatic heterocycles. The summed E-state index contributed by atoms with van der Waals surface area (Å²) in [5.74, 6) is -0.706. The van der Waals surface area contributed by atoms with E-state index in [-0.39, 0.29) is 56.3 Å². The van der Waals surface area contributed by atoms with Crippen LogP contribution in [0.4, 0.5) is 4.79 Å². The number of nitrogens with one attached hydrogen (secondary N) is 2. The lowest BCUT2D eigenvalue weighted by Gasteiger charge is -2.27. The molecular weight excluding hydrogens is 508 g/mol. The highest BCUT2D eigenvalue weighted by Gasteiger charge is 2.29. The molecular formula is C32H34N2O6. The van der Waals surface area contributed by atoms with Gasteiger partial charge in [0.25, 0.3) is 0 Å². The van der Waals surface area contributed by atoms with Gasteiger partial charge in [-0.25, -0.2) is 4.79 Å². The second-order valence-corrected chi connectivity index (χ2v) is 10.2. The van der Waals surface area contributed by atoms with Gasteiger partial charge in [0.15, 0.2) is 0 Å². The van der Waals surface area contributed by atoms with Crippen LogP contribution in [0.25, 0.3) is 11.1 Å². The first kappa shape index (κ1) is 27.4. The summed E-state index contributed by atoms with van der Waals surface area (Å²) in [6.45, 7) is 0.304. The van der Waals surface area contributed by atoms with Gasteiger partial charge in [0.05, 0.1) is 12.0 Å². The van der Waals surface area contributed by atoms with E-state index < -0.39 is 6.09 Å². The highest BCUT2D eigenvalue weighted by atomic mass is 16.5. The fraction of sp³-hybridized carbons (Fsp3) is 0.344. The molecule has 2 amide bonds. The number of carbonyl (C=O) groups is 3. The standard InChI is InChI=1S/C32H34N2O6/c35-30(34-21-40-24-16-14-23(15-17-24)31(36)38-19-22-8-2-1-3-9-22)18-33-32(37)39-20-29-27-12-6-4-10-25(27)26-11-5-7-13-28(26)29/h1-13,23-24,29H,14-21H2,(H,33,37)(H,34,35)/t23-,24+. The van der Waals surface area contributed by atoms with E-state index in [1.165, 1.54) is 0 Å². The molecule has 0 radical (unpaired) electrons. The van der Waals surface area contributed by atoms with Crippen molar-refractivity contribution in [3.8, 4) is 11.1 Å². The van der Waals surface area contributed by atoms with Gasteiger partial charge >= 0.3 is 12.1 Å². The zero-order valence-electron chi connectivity index (χ0n) is 22.3. The van der Waals surface area contributed by atoms with Crippen molar-refractivity contribution >= 4 is 18.0 Å². The second-order valence-electron chi connectivity index (χ2n) is 10.2. The summed E-state index contributed by atoms with van der Waals surface area (Å²) in [4.78, 5) is 36.8. The average Bonchev–Trinajstić information content (AvgIpc) is 3.32. The van der Waals surface area contributed by atoms with E-state index in [4.69, 9.17) is 14.2 Å². The van der Waals surface area contributed by atoms with Crippen molar-refractivity contribution in [2.75, 3.05) is 19.9 Å². The number of amides is 2. The van der Waals surface area contributed by atoms with Crippen molar-refractivity contribution in [1.82, 2.24) is 10.6 Å². The summed E-state index contributed by atoms with van der Waals surface area (Å²) in [6, 6.07) is 25.9. The molecule has 8 nitrogen and oxygen atoms in total. The molecule has 2 N–H and O–H groups in total. The molecule has 2 aliphatic rings. The third-order valence-corrected chi connectivity index (χ3v) is 7.56. The Kier molecular flexibility index (Phi) is 9.08. The summed E-state index contributed by atoms with van der Waals surface area (Å²) in [7, 11) is 0. The Morgan fingerprint density at radius 3 is 2.02 bits per heavy atom. The molecule has 0 aromatic heterocycles. The van der Waals surface area contributed by atoms with Crippen LogP contribution in [0.1, 0.15) is 48.3 Å². The van der Waals surface area contributed by atoms with Crippen molar-refractivity contribution in [1.29, 1.82) is 0 Å². The maximum Gasteiger partial charge on any atom is 0.407 e. The smallest absolute Gasteiger partial charge is 0.407 e. The van der Waals surface area contributed by atoms with Crippen molar-refractivity contribution in [3.63, 3.8) is 0 Å². The van der Waals surface area contributed by atoms with Gasteiger partial charge in [-0.2, -0.15) is 0 Å². The first-order valence-electron chi connectivity index (χ1n) is 13.8. The van der Waals surface area contributed by atoms with Crippen LogP contribution in [0.15, 0.2) is 78.9 Å². The van der Waals surface area contributed by atoms with E-state index in [0.717, 1.165) is 40.7 Å². The number of ether oxygens (including phenoxy) is 3. The van der Waals surface area contributed by atoms with Crippen molar-refractivity contribution < 1.29 is 28.6 Å². The summed E-state index contributed by atoms with van der Waals surface area (Å²) < 4.78 is 16.7. The lowest BCUT2D eigenvalue weighted by atomic mass is 9.87. The van der Waals surface area contributed by atoms with Crippen LogP contribution in [0.2, 0.25) is 0 Å². The van der Waals surface area contributed by atoms with Gasteiger partial charge in [0, 0.05) is 5.92 Å². The predicted molar refractivity (Wildman–Crippen MR) is 149 cm³/mol. The van der Waals surface area contributed by atoms with Crippen LogP contribution >= 0.6 is 0 Å². The van der Waals surface area contributed by atoms with E-state index in [0.29, 0.717) is 12.8 Å². The van der Waals surface area contributed by atoms with E-state index in [1.807, 2.05) is 54.6 Å². The van der Waals surface area contributed by atoms with Gasteiger partial charge in [-0.1, -0.05) is 78.9 Å². The van der Waals surface area contributed by atoms with E-state index in [2.05, 4.69) is 34.9 Å². The SMILES string of the molecule is O=C(CNC(=O)OCC1c2ccccc2-c2ccccc21)NCO[C@H]1CC[C@@H](C(=O)OCc2ccccc2)CC1. The quantitative estimate of drug-likeness (QED) is 0.279. The van der Waals surface area contributed by atoms with Gasteiger partial charge in [-0.05, 0) is 53.5 Å². The molecule has 3 aromatic rings. The van der Waals surface area contributed by atoms with Gasteiger partial charge < -0.3 is 24.8 Å². The summed E-state index contributed by atoms with van der Waals surface area (Å²) in [5, 5.41) is 5.16. The Labute approximate surface area is 234 Å². The second kappa shape index (κ2) is 13.3. The number of esters is 1. The fourth-order valence-electron chi connectivity index (χ4n) is 5.42. The van der Waals surface area contributed by atoms with Crippen molar-refractivity contribution in [3.05, 3.63) is 95.6 Å². The number of alkyl carbamates (subject to hydrolysis) is 1. The Morgan fingerprint density at radius 2 is 1.35 bits per heavy atom. The molecule has 3 aromatic carbocycles. The molecule has 0 saturated heterocycles. The minimum atomic E-state index is -0.643. The average molecular weight is 543 g/mol. The van der Waals surface area contributed by atoms with E-state index in [9.17, 15) is 14.4 Å². The molecule has 0 bridgehead atoms. The number of hydrogen-bond acceptors (Lipinski definition) is 6. The summed E-state index contributed by atoms with van der Waals surface area (Å²) in [5.41, 5.74) is 5.54. The lowest BCUT2D eigenvalue weighted by molar-refractivity contribution is -0.152. The highest BCUT2D eigenvalue weighted by molar-refractivity contribution is 5.82. The van der Waals surface area contributed by atoms with E-state index >= 15 is 0 Å². The zero-order chi connectivity index (χ0) is 27.7. The van der Waals surface area contributed by atoms with Crippen LogP contribution in [0.3, 0.4) is 0 Å². The largest absolute Gasteiger partial charge is 0.461 e. The Bertz CT molecular complexity index is 1270. The van der Waals surface area contributed by atoms with Crippen LogP contribution < -0.4 is 10.6 Å². The van der Waals surface area contributed by atoms with Crippen LogP contribution in [-0.2, 0) is 30.4 Å². The molecule has 5 rings (SSSR count). The highest BCUT2D eigenvalue weighted by Crippen LogP contribution is 2.44. The molecule has 0 atom stereocenters. The third-order valence-electron chi connectivity index (χ3n) is 7.56. The van der Waals surface area contributed by atoms with Crippen molar-refractivity contribution in [2.24, 2.45) is 5.92 Å². The number of fused-ring (bicyclic) bond motifs is 3. The zero-order valence-corrected chi connectivity index (χ0v) is 22.3. The first-order valence-corrected chi connectivity index (χ1v) is 13.8. The molecule has 2 aliphatic carbocycles. The number of benzene rings is 3. The van der Waals surface area contributed by atoms with E-state index in [1.54, 1.807) is 0 Å². The normalized spacial score (nSPS) is 17.8. The minimum absolute atomic E-state index is 0.0337. The maximum atomic E-state index is 12.4. The molecule has 0 spiro atoms. The molecule has 8 heteroatoms. The molecule has 0 heterocycles. The van der Waals surface area contributed by atoms with Crippen LogP contribution in [0.5, 0.6) is 0 Å². The van der Waals surface area contributed by atoms with Crippen LogP contribution in [-0.4, -0.2) is 44.0 Å². The lowest BCUT2D eigenvalue weighted by Crippen LogP contribution is -2.39. The molecule has 1 fully saturated rings. The number of hydrogen-bond donors (Lipinski definition) is 2. The monoisotopic (exact) mass is 542 g/mol. The minimum Gasteiger partial charge on any atom is -0.461 e. The summed E-state index contributed by atoms with van der Waals surface area (Å²) >= 11 is 0.